The number of nitriles is 1. The average Bonchev–Trinajstić information content (AvgIpc) is 2.58. The van der Waals surface area contributed by atoms with Gasteiger partial charge in [-0.2, -0.15) is 5.26 Å². The van der Waals surface area contributed by atoms with Crippen molar-refractivity contribution in [2.24, 2.45) is 0 Å². The van der Waals surface area contributed by atoms with Crippen LogP contribution in [0.2, 0.25) is 0 Å². The van der Waals surface area contributed by atoms with E-state index in [4.69, 9.17) is 5.26 Å². The van der Waals surface area contributed by atoms with Crippen molar-refractivity contribution in [3.8, 4) is 6.07 Å². The fourth-order valence-electron chi connectivity index (χ4n) is 2.17. The molecule has 8 nitrogen and oxygen atoms in total. The SMILES string of the molecule is N#Cc1cc([N+](=O)[O-])cn(CC(=O)NCCc2ccccc2F)c1=O. The van der Waals surface area contributed by atoms with Crippen molar-refractivity contribution >= 4 is 11.6 Å². The van der Waals surface area contributed by atoms with E-state index < -0.39 is 34.2 Å². The van der Waals surface area contributed by atoms with E-state index in [1.807, 2.05) is 0 Å². The maximum absolute atomic E-state index is 13.5. The molecule has 0 spiro atoms. The summed E-state index contributed by atoms with van der Waals surface area (Å²) in [7, 11) is 0. The van der Waals surface area contributed by atoms with Crippen molar-refractivity contribution in [3.63, 3.8) is 0 Å². The number of rotatable bonds is 6. The van der Waals surface area contributed by atoms with Gasteiger partial charge in [-0.05, 0) is 18.1 Å². The molecule has 2 aromatic rings. The lowest BCUT2D eigenvalue weighted by atomic mass is 10.1. The maximum atomic E-state index is 13.5. The molecule has 0 saturated carbocycles. The van der Waals surface area contributed by atoms with Crippen molar-refractivity contribution < 1.29 is 14.1 Å². The molecular weight excluding hydrogens is 331 g/mol. The quantitative estimate of drug-likeness (QED) is 0.622. The van der Waals surface area contributed by atoms with E-state index >= 15 is 0 Å². The van der Waals surface area contributed by atoms with Crippen LogP contribution in [0, 0.1) is 27.3 Å². The number of carbonyl (C=O) groups excluding carboxylic acids is 1. The third-order valence-corrected chi connectivity index (χ3v) is 3.39. The highest BCUT2D eigenvalue weighted by Crippen LogP contribution is 2.09. The van der Waals surface area contributed by atoms with E-state index in [1.165, 1.54) is 6.07 Å². The number of hydrogen-bond acceptors (Lipinski definition) is 5. The summed E-state index contributed by atoms with van der Waals surface area (Å²) < 4.78 is 14.3. The summed E-state index contributed by atoms with van der Waals surface area (Å²) in [5, 5.41) is 22.2. The molecule has 0 aliphatic rings. The minimum Gasteiger partial charge on any atom is -0.354 e. The van der Waals surface area contributed by atoms with Gasteiger partial charge in [-0.25, -0.2) is 4.39 Å². The van der Waals surface area contributed by atoms with Gasteiger partial charge in [0.15, 0.2) is 0 Å². The molecule has 2 rings (SSSR count). The molecule has 0 aliphatic carbocycles. The molecule has 1 heterocycles. The largest absolute Gasteiger partial charge is 0.354 e. The Labute approximate surface area is 141 Å². The van der Waals surface area contributed by atoms with Crippen molar-refractivity contribution in [1.29, 1.82) is 5.26 Å². The summed E-state index contributed by atoms with van der Waals surface area (Å²) in [4.78, 5) is 33.9. The molecule has 1 N–H and O–H groups in total. The van der Waals surface area contributed by atoms with E-state index in [2.05, 4.69) is 5.32 Å². The lowest BCUT2D eigenvalue weighted by Crippen LogP contribution is -2.34. The molecule has 9 heteroatoms. The van der Waals surface area contributed by atoms with Gasteiger partial charge < -0.3 is 5.32 Å². The number of nitro groups is 1. The zero-order chi connectivity index (χ0) is 18.4. The number of benzene rings is 1. The van der Waals surface area contributed by atoms with Crippen molar-refractivity contribution in [1.82, 2.24) is 9.88 Å². The number of nitrogens with zero attached hydrogens (tertiary/aromatic N) is 3. The van der Waals surface area contributed by atoms with Crippen LogP contribution < -0.4 is 10.9 Å². The molecule has 0 atom stereocenters. The van der Waals surface area contributed by atoms with E-state index in [-0.39, 0.29) is 18.8 Å². The van der Waals surface area contributed by atoms with Gasteiger partial charge in [0.1, 0.15) is 24.0 Å². The highest BCUT2D eigenvalue weighted by atomic mass is 19.1. The van der Waals surface area contributed by atoms with Gasteiger partial charge in [-0.15, -0.1) is 0 Å². The first-order valence-corrected chi connectivity index (χ1v) is 7.21. The topological polar surface area (TPSA) is 118 Å². The first kappa shape index (κ1) is 17.8. The molecule has 128 valence electrons. The van der Waals surface area contributed by atoms with Gasteiger partial charge in [0.25, 0.3) is 11.2 Å². The molecule has 0 aliphatic heterocycles. The van der Waals surface area contributed by atoms with Gasteiger partial charge in [0.05, 0.1) is 11.1 Å². The maximum Gasteiger partial charge on any atom is 0.287 e. The second-order valence-corrected chi connectivity index (χ2v) is 5.11. The Balaban J connectivity index is 2.04. The Morgan fingerprint density at radius 2 is 2.12 bits per heavy atom. The Hall–Kier alpha value is -3.54. The number of amides is 1. The van der Waals surface area contributed by atoms with Crippen LogP contribution in [0.4, 0.5) is 10.1 Å². The zero-order valence-electron chi connectivity index (χ0n) is 12.9. The van der Waals surface area contributed by atoms with Crippen LogP contribution in [0.15, 0.2) is 41.3 Å². The van der Waals surface area contributed by atoms with E-state index in [9.17, 15) is 24.1 Å². The summed E-state index contributed by atoms with van der Waals surface area (Å²) in [6, 6.07) is 8.55. The molecule has 1 aromatic carbocycles. The molecule has 0 radical (unpaired) electrons. The fraction of sp³-hybridized carbons (Fsp3) is 0.188. The number of aromatic nitrogens is 1. The third-order valence-electron chi connectivity index (χ3n) is 3.39. The van der Waals surface area contributed by atoms with E-state index in [0.29, 0.717) is 5.56 Å². The zero-order valence-corrected chi connectivity index (χ0v) is 12.9. The average molecular weight is 344 g/mol. The van der Waals surface area contributed by atoms with Crippen molar-refractivity contribution in [2.75, 3.05) is 6.54 Å². The fourth-order valence-corrected chi connectivity index (χ4v) is 2.17. The molecular formula is C16H13FN4O4. The number of nitrogens with one attached hydrogen (secondary N) is 1. The van der Waals surface area contributed by atoms with Crippen molar-refractivity contribution in [3.05, 3.63) is 73.9 Å². The van der Waals surface area contributed by atoms with Crippen LogP contribution in [-0.4, -0.2) is 21.9 Å². The Morgan fingerprint density at radius 1 is 1.40 bits per heavy atom. The normalized spacial score (nSPS) is 10.1. The monoisotopic (exact) mass is 344 g/mol. The Morgan fingerprint density at radius 3 is 2.76 bits per heavy atom. The molecule has 25 heavy (non-hydrogen) atoms. The minimum absolute atomic E-state index is 0.133. The minimum atomic E-state index is -0.794. The summed E-state index contributed by atoms with van der Waals surface area (Å²) in [6.07, 6.45) is 1.16. The van der Waals surface area contributed by atoms with Gasteiger partial charge >= 0.3 is 0 Å². The second kappa shape index (κ2) is 7.83. The lowest BCUT2D eigenvalue weighted by Gasteiger charge is -2.08. The first-order chi connectivity index (χ1) is 11.9. The molecule has 0 saturated heterocycles. The van der Waals surface area contributed by atoms with Crippen LogP contribution in [0.5, 0.6) is 0 Å². The third kappa shape index (κ3) is 4.48. The molecule has 0 unspecified atom stereocenters. The summed E-state index contributed by atoms with van der Waals surface area (Å²) in [5.74, 6) is -0.965. The predicted octanol–water partition coefficient (Wildman–Crippen LogP) is 1.13. The molecule has 1 amide bonds. The number of halogens is 1. The molecule has 0 fully saturated rings. The Bertz CT molecular complexity index is 917. The molecule has 0 bridgehead atoms. The number of carbonyl (C=O) groups is 1. The van der Waals surface area contributed by atoms with E-state index in [0.717, 1.165) is 16.8 Å². The summed E-state index contributed by atoms with van der Waals surface area (Å²) >= 11 is 0. The lowest BCUT2D eigenvalue weighted by molar-refractivity contribution is -0.385. The Kier molecular flexibility index (Phi) is 5.58. The van der Waals surface area contributed by atoms with Crippen LogP contribution in [0.1, 0.15) is 11.1 Å². The second-order valence-electron chi connectivity index (χ2n) is 5.11. The number of hydrogen-bond donors (Lipinski definition) is 1. The smallest absolute Gasteiger partial charge is 0.287 e. The van der Waals surface area contributed by atoms with Crippen LogP contribution in [0.25, 0.3) is 0 Å². The summed E-state index contributed by atoms with van der Waals surface area (Å²) in [6.45, 7) is -0.346. The predicted molar refractivity (Wildman–Crippen MR) is 85.2 cm³/mol. The van der Waals surface area contributed by atoms with Crippen LogP contribution in [0.3, 0.4) is 0 Å². The summed E-state index contributed by atoms with van der Waals surface area (Å²) in [5.41, 5.74) is -1.25. The standard InChI is InChI=1S/C16H13FN4O4/c17-14-4-2-1-3-11(14)5-6-19-15(22)10-20-9-13(21(24)25)7-12(8-18)16(20)23/h1-4,7,9H,5-6,10H2,(H,19,22). The highest BCUT2D eigenvalue weighted by molar-refractivity contribution is 5.75. The molecule has 1 aromatic heterocycles. The van der Waals surface area contributed by atoms with Gasteiger partial charge in [-0.3, -0.25) is 24.3 Å². The van der Waals surface area contributed by atoms with Gasteiger partial charge in [0.2, 0.25) is 5.91 Å². The van der Waals surface area contributed by atoms with Crippen molar-refractivity contribution in [2.45, 2.75) is 13.0 Å². The van der Waals surface area contributed by atoms with Gasteiger partial charge in [0, 0.05) is 12.6 Å². The first-order valence-electron chi connectivity index (χ1n) is 7.21. The highest BCUT2D eigenvalue weighted by Gasteiger charge is 2.15. The number of pyridine rings is 1. The van der Waals surface area contributed by atoms with Crippen LogP contribution in [-0.2, 0) is 17.8 Å². The van der Waals surface area contributed by atoms with Crippen LogP contribution >= 0.6 is 0 Å². The van der Waals surface area contributed by atoms with E-state index in [1.54, 1.807) is 24.3 Å². The van der Waals surface area contributed by atoms with Gasteiger partial charge in [-0.1, -0.05) is 18.2 Å².